The Bertz CT molecular complexity index is 593. The van der Waals surface area contributed by atoms with Crippen molar-refractivity contribution >= 4 is 17.2 Å². The molecule has 1 aromatic carbocycles. The molecule has 0 fully saturated rings. The molecule has 2 aromatic rings. The fourth-order valence-corrected chi connectivity index (χ4v) is 2.02. The second-order valence-corrected chi connectivity index (χ2v) is 4.54. The van der Waals surface area contributed by atoms with Crippen molar-refractivity contribution in [3.63, 3.8) is 0 Å². The minimum absolute atomic E-state index is 0.0947. The number of rotatable bonds is 2. The first kappa shape index (κ1) is 12.3. The molecule has 2 rings (SSSR count). The average molecular weight is 256 g/mol. The van der Waals surface area contributed by atoms with Gasteiger partial charge in [-0.05, 0) is 25.0 Å². The maximum absolute atomic E-state index is 11.5. The van der Waals surface area contributed by atoms with Gasteiger partial charge in [0.25, 0.3) is 5.91 Å². The van der Waals surface area contributed by atoms with Gasteiger partial charge in [-0.25, -0.2) is 4.98 Å². The summed E-state index contributed by atoms with van der Waals surface area (Å²) in [6, 6.07) is 9.69. The zero-order valence-corrected chi connectivity index (χ0v) is 10.8. The minimum Gasteiger partial charge on any atom is -0.352 e. The normalized spacial score (nSPS) is 9.39. The quantitative estimate of drug-likeness (QED) is 0.838. The van der Waals surface area contributed by atoms with Crippen LogP contribution in [0.4, 0.5) is 0 Å². The minimum atomic E-state index is -0.0947. The molecule has 4 heteroatoms. The summed E-state index contributed by atoms with van der Waals surface area (Å²) >= 11 is 1.30. The Morgan fingerprint density at radius 1 is 1.33 bits per heavy atom. The maximum Gasteiger partial charge on any atom is 0.263 e. The second-order valence-electron chi connectivity index (χ2n) is 3.51. The highest BCUT2D eigenvalue weighted by Crippen LogP contribution is 2.11. The molecule has 0 spiro atoms. The van der Waals surface area contributed by atoms with Gasteiger partial charge in [-0.1, -0.05) is 24.1 Å². The van der Waals surface area contributed by atoms with Crippen molar-refractivity contribution in [1.29, 1.82) is 0 Å². The van der Waals surface area contributed by atoms with Gasteiger partial charge in [-0.2, -0.15) is 0 Å². The molecular formula is C14H12N2OS. The molecule has 18 heavy (non-hydrogen) atoms. The molecule has 0 aliphatic rings. The van der Waals surface area contributed by atoms with Crippen molar-refractivity contribution in [3.8, 4) is 11.8 Å². The van der Waals surface area contributed by atoms with Crippen LogP contribution in [0.1, 0.15) is 27.2 Å². The van der Waals surface area contributed by atoms with E-state index in [2.05, 4.69) is 22.1 Å². The fraction of sp³-hybridized carbons (Fsp3) is 0.143. The molecule has 0 aliphatic heterocycles. The smallest absolute Gasteiger partial charge is 0.263 e. The molecule has 0 saturated carbocycles. The van der Waals surface area contributed by atoms with E-state index in [1.165, 1.54) is 11.3 Å². The molecule has 3 nitrogen and oxygen atoms in total. The van der Waals surface area contributed by atoms with E-state index in [0.29, 0.717) is 16.4 Å². The molecule has 1 aromatic heterocycles. The van der Waals surface area contributed by atoms with Gasteiger partial charge in [0.05, 0.1) is 6.20 Å². The summed E-state index contributed by atoms with van der Waals surface area (Å²) in [5, 5.41) is 3.39. The third-order valence-electron chi connectivity index (χ3n) is 2.15. The van der Waals surface area contributed by atoms with Gasteiger partial charge in [-0.3, -0.25) is 4.79 Å². The fourth-order valence-electron chi connectivity index (χ4n) is 1.33. The average Bonchev–Trinajstić information content (AvgIpc) is 2.87. The van der Waals surface area contributed by atoms with Gasteiger partial charge < -0.3 is 5.32 Å². The van der Waals surface area contributed by atoms with Gasteiger partial charge in [0.15, 0.2) is 5.01 Å². The van der Waals surface area contributed by atoms with Crippen molar-refractivity contribution < 1.29 is 4.79 Å². The topological polar surface area (TPSA) is 42.0 Å². The highest BCUT2D eigenvalue weighted by atomic mass is 32.1. The Morgan fingerprint density at radius 2 is 2.11 bits per heavy atom. The van der Waals surface area contributed by atoms with Crippen LogP contribution in [0.3, 0.4) is 0 Å². The molecule has 0 unspecified atom stereocenters. The van der Waals surface area contributed by atoms with Crippen LogP contribution in [0.5, 0.6) is 0 Å². The summed E-state index contributed by atoms with van der Waals surface area (Å²) in [6.07, 6.45) is 1.56. The molecule has 90 valence electrons. The summed E-state index contributed by atoms with van der Waals surface area (Å²) in [5.41, 5.74) is 0.937. The zero-order valence-electron chi connectivity index (χ0n) is 9.93. The number of benzene rings is 1. The van der Waals surface area contributed by atoms with Gasteiger partial charge in [0, 0.05) is 12.1 Å². The second kappa shape index (κ2) is 5.99. The number of nitrogens with one attached hydrogen (secondary N) is 1. The lowest BCUT2D eigenvalue weighted by Crippen LogP contribution is -2.21. The Kier molecular flexibility index (Phi) is 4.11. The monoisotopic (exact) mass is 256 g/mol. The molecule has 1 heterocycles. The Labute approximate surface area is 110 Å². The SMILES string of the molecule is CCNC(=O)c1cnc(C#Cc2ccccc2)s1. The number of hydrogen-bond donors (Lipinski definition) is 1. The highest BCUT2D eigenvalue weighted by molar-refractivity contribution is 7.14. The number of aromatic nitrogens is 1. The van der Waals surface area contributed by atoms with Gasteiger partial charge in [0.2, 0.25) is 0 Å². The molecule has 1 N–H and O–H groups in total. The van der Waals surface area contributed by atoms with E-state index in [1.807, 2.05) is 37.3 Å². The number of amides is 1. The van der Waals surface area contributed by atoms with E-state index in [0.717, 1.165) is 5.56 Å². The summed E-state index contributed by atoms with van der Waals surface area (Å²) in [7, 11) is 0. The van der Waals surface area contributed by atoms with Crippen LogP contribution in [0.25, 0.3) is 0 Å². The third-order valence-corrected chi connectivity index (χ3v) is 3.07. The number of hydrogen-bond acceptors (Lipinski definition) is 3. The van der Waals surface area contributed by atoms with E-state index >= 15 is 0 Å². The van der Waals surface area contributed by atoms with Crippen molar-refractivity contribution in [2.24, 2.45) is 0 Å². The predicted octanol–water partition coefficient (Wildman–Crippen LogP) is 2.29. The van der Waals surface area contributed by atoms with Crippen LogP contribution in [0.15, 0.2) is 36.5 Å². The van der Waals surface area contributed by atoms with Crippen molar-refractivity contribution in [3.05, 3.63) is 52.0 Å². The lowest BCUT2D eigenvalue weighted by molar-refractivity contribution is 0.0959. The Hall–Kier alpha value is -2.12. The van der Waals surface area contributed by atoms with E-state index in [1.54, 1.807) is 6.20 Å². The summed E-state index contributed by atoms with van der Waals surface area (Å²) < 4.78 is 0. The summed E-state index contributed by atoms with van der Waals surface area (Å²) in [6.45, 7) is 2.50. The first-order valence-electron chi connectivity index (χ1n) is 5.60. The van der Waals surface area contributed by atoms with Crippen LogP contribution in [0, 0.1) is 11.8 Å². The highest BCUT2D eigenvalue weighted by Gasteiger charge is 2.07. The molecule has 1 amide bonds. The number of nitrogens with zero attached hydrogens (tertiary/aromatic N) is 1. The predicted molar refractivity (Wildman–Crippen MR) is 72.5 cm³/mol. The maximum atomic E-state index is 11.5. The molecule has 0 atom stereocenters. The van der Waals surface area contributed by atoms with Gasteiger partial charge >= 0.3 is 0 Å². The van der Waals surface area contributed by atoms with Gasteiger partial charge in [-0.15, -0.1) is 11.3 Å². The van der Waals surface area contributed by atoms with Crippen LogP contribution in [-0.4, -0.2) is 17.4 Å². The molecule has 0 saturated heterocycles. The Balaban J connectivity index is 2.12. The van der Waals surface area contributed by atoms with E-state index in [4.69, 9.17) is 0 Å². The first-order valence-corrected chi connectivity index (χ1v) is 6.42. The van der Waals surface area contributed by atoms with Crippen LogP contribution in [-0.2, 0) is 0 Å². The summed E-state index contributed by atoms with van der Waals surface area (Å²) in [4.78, 5) is 16.3. The van der Waals surface area contributed by atoms with E-state index in [-0.39, 0.29) is 5.91 Å². The summed E-state index contributed by atoms with van der Waals surface area (Å²) in [5.74, 6) is 5.87. The number of carbonyl (C=O) groups excluding carboxylic acids is 1. The number of thiazole rings is 1. The Morgan fingerprint density at radius 3 is 2.83 bits per heavy atom. The third kappa shape index (κ3) is 3.19. The van der Waals surface area contributed by atoms with Crippen LogP contribution < -0.4 is 5.32 Å². The number of carbonyl (C=O) groups is 1. The van der Waals surface area contributed by atoms with Crippen LogP contribution >= 0.6 is 11.3 Å². The van der Waals surface area contributed by atoms with Gasteiger partial charge in [0.1, 0.15) is 4.88 Å². The van der Waals surface area contributed by atoms with E-state index in [9.17, 15) is 4.79 Å². The lowest BCUT2D eigenvalue weighted by Gasteiger charge is -1.95. The molecule has 0 aliphatic carbocycles. The molecule has 0 radical (unpaired) electrons. The van der Waals surface area contributed by atoms with Crippen molar-refractivity contribution in [1.82, 2.24) is 10.3 Å². The largest absolute Gasteiger partial charge is 0.352 e. The van der Waals surface area contributed by atoms with Crippen molar-refractivity contribution in [2.75, 3.05) is 6.54 Å². The standard InChI is InChI=1S/C14H12N2OS/c1-2-15-14(17)12-10-16-13(18-12)9-8-11-6-4-3-5-7-11/h3-7,10H,2H2,1H3,(H,15,17). The first-order chi connectivity index (χ1) is 8.79. The van der Waals surface area contributed by atoms with Crippen molar-refractivity contribution in [2.45, 2.75) is 6.92 Å². The zero-order chi connectivity index (χ0) is 12.8. The molecule has 0 bridgehead atoms. The van der Waals surface area contributed by atoms with Crippen LogP contribution in [0.2, 0.25) is 0 Å². The molecular weight excluding hydrogens is 244 g/mol. The lowest BCUT2D eigenvalue weighted by atomic mass is 10.2. The van der Waals surface area contributed by atoms with E-state index < -0.39 is 0 Å².